The van der Waals surface area contributed by atoms with Gasteiger partial charge < -0.3 is 22.7 Å². The maximum absolute atomic E-state index is 12.2. The monoisotopic (exact) mass is 278 g/mol. The van der Waals surface area contributed by atoms with Crippen molar-refractivity contribution in [3.05, 3.63) is 0 Å². The molecule has 0 aliphatic heterocycles. The molecule has 0 fully saturated rings. The Hall–Kier alpha value is 1.41. The molecule has 0 aliphatic carbocycles. The Bertz CT molecular complexity index is 177. The van der Waals surface area contributed by atoms with E-state index >= 15 is 0 Å². The van der Waals surface area contributed by atoms with Crippen molar-refractivity contribution in [1.29, 1.82) is 0 Å². The van der Waals surface area contributed by atoms with Crippen LogP contribution in [0.4, 0.5) is 12.9 Å². The largest absolute Gasteiger partial charge is 1.00 e. The molecule has 0 radical (unpaired) electrons. The zero-order chi connectivity index (χ0) is 12.6. The standard InChI is InChI=1S/C10H23BF3N2.K/c1-4-15(5-2)8-7-9-16(6-3)10-11(12,13)14;/h4-10H2,1-3H3;/q-1;+1. The van der Waals surface area contributed by atoms with Crippen molar-refractivity contribution in [1.82, 2.24) is 9.80 Å². The van der Waals surface area contributed by atoms with Crippen molar-refractivity contribution in [2.75, 3.05) is 39.2 Å². The Morgan fingerprint density at radius 1 is 0.824 bits per heavy atom. The van der Waals surface area contributed by atoms with Crippen molar-refractivity contribution in [3.8, 4) is 0 Å². The molecule has 0 rings (SSSR count). The van der Waals surface area contributed by atoms with Crippen LogP contribution in [0.25, 0.3) is 0 Å². The third kappa shape index (κ3) is 12.2. The molecule has 0 aromatic carbocycles. The smallest absolute Gasteiger partial charge is 0.448 e. The van der Waals surface area contributed by atoms with Gasteiger partial charge in [-0.2, -0.15) is 0 Å². The van der Waals surface area contributed by atoms with Gasteiger partial charge in [0.25, 0.3) is 0 Å². The molecule has 0 N–H and O–H groups in total. The molecule has 0 unspecified atom stereocenters. The van der Waals surface area contributed by atoms with Gasteiger partial charge >= 0.3 is 58.4 Å². The van der Waals surface area contributed by atoms with E-state index in [9.17, 15) is 12.9 Å². The minimum Gasteiger partial charge on any atom is -0.448 e. The van der Waals surface area contributed by atoms with E-state index in [1.54, 1.807) is 6.92 Å². The van der Waals surface area contributed by atoms with Crippen LogP contribution in [0.2, 0.25) is 0 Å². The first-order valence-electron chi connectivity index (χ1n) is 6.08. The van der Waals surface area contributed by atoms with Crippen molar-refractivity contribution < 1.29 is 64.3 Å². The van der Waals surface area contributed by atoms with E-state index in [0.717, 1.165) is 26.1 Å². The summed E-state index contributed by atoms with van der Waals surface area (Å²) in [7, 11) is 0. The Labute approximate surface area is 146 Å². The van der Waals surface area contributed by atoms with Gasteiger partial charge in [-0.15, -0.1) is 0 Å². The quantitative estimate of drug-likeness (QED) is 0.521. The maximum atomic E-state index is 12.2. The van der Waals surface area contributed by atoms with Crippen LogP contribution in [0.15, 0.2) is 0 Å². The molecular formula is C10H23BF3KN2. The first-order valence-corrected chi connectivity index (χ1v) is 6.08. The molecule has 0 heterocycles. The van der Waals surface area contributed by atoms with Gasteiger partial charge in [0.1, 0.15) is 0 Å². The summed E-state index contributed by atoms with van der Waals surface area (Å²) in [5.41, 5.74) is 0. The van der Waals surface area contributed by atoms with Crippen LogP contribution in [-0.2, 0) is 0 Å². The summed E-state index contributed by atoms with van der Waals surface area (Å²) < 4.78 is 36.7. The first-order chi connectivity index (χ1) is 7.42. The number of hydrogen-bond acceptors (Lipinski definition) is 2. The Morgan fingerprint density at radius 3 is 1.59 bits per heavy atom. The van der Waals surface area contributed by atoms with E-state index in [2.05, 4.69) is 18.7 Å². The van der Waals surface area contributed by atoms with Gasteiger partial charge in [-0.1, -0.05) is 20.8 Å². The van der Waals surface area contributed by atoms with E-state index in [4.69, 9.17) is 0 Å². The third-order valence-corrected chi connectivity index (χ3v) is 2.76. The molecule has 0 saturated carbocycles. The van der Waals surface area contributed by atoms with Gasteiger partial charge in [0.15, 0.2) is 0 Å². The number of hydrogen-bond donors (Lipinski definition) is 0. The summed E-state index contributed by atoms with van der Waals surface area (Å²) in [6.45, 7) is 5.05. The first kappa shape index (κ1) is 20.7. The van der Waals surface area contributed by atoms with Gasteiger partial charge in [0.2, 0.25) is 0 Å². The Balaban J connectivity index is 0. The molecule has 7 heteroatoms. The summed E-state index contributed by atoms with van der Waals surface area (Å²) in [5.74, 6) is 0. The van der Waals surface area contributed by atoms with Gasteiger partial charge in [0, 0.05) is 0 Å². The molecule has 0 bridgehead atoms. The minimum atomic E-state index is -4.68. The topological polar surface area (TPSA) is 6.48 Å². The average Bonchev–Trinajstić information content (AvgIpc) is 2.21. The van der Waals surface area contributed by atoms with Crippen LogP contribution in [-0.4, -0.2) is 55.9 Å². The van der Waals surface area contributed by atoms with Gasteiger partial charge in [-0.3, -0.25) is 0 Å². The second-order valence-corrected chi connectivity index (χ2v) is 3.98. The number of nitrogens with zero attached hydrogens (tertiary/aromatic N) is 2. The SMILES string of the molecule is CCN(CC)CCCN(CC)C[B-](F)(F)F.[K+]. The molecular weight excluding hydrogens is 255 g/mol. The molecule has 0 aromatic rings. The number of halogens is 3. The summed E-state index contributed by atoms with van der Waals surface area (Å²) in [4.78, 5) is 3.70. The van der Waals surface area contributed by atoms with E-state index in [0.29, 0.717) is 13.1 Å². The van der Waals surface area contributed by atoms with E-state index < -0.39 is 13.4 Å². The Morgan fingerprint density at radius 2 is 1.24 bits per heavy atom. The van der Waals surface area contributed by atoms with E-state index in [1.807, 2.05) is 0 Å². The predicted octanol–water partition coefficient (Wildman–Crippen LogP) is -0.569. The zero-order valence-corrected chi connectivity index (χ0v) is 14.7. The van der Waals surface area contributed by atoms with E-state index in [-0.39, 0.29) is 51.4 Å². The number of rotatable bonds is 9. The molecule has 2 nitrogen and oxygen atoms in total. The molecule has 0 spiro atoms. The van der Waals surface area contributed by atoms with Crippen LogP contribution < -0.4 is 51.4 Å². The van der Waals surface area contributed by atoms with Crippen molar-refractivity contribution >= 4 is 6.98 Å². The van der Waals surface area contributed by atoms with E-state index in [1.165, 1.54) is 4.90 Å². The Kier molecular flexibility index (Phi) is 13.7. The summed E-state index contributed by atoms with van der Waals surface area (Å²) in [5, 5.41) is 0. The second-order valence-electron chi connectivity index (χ2n) is 3.98. The fourth-order valence-electron chi connectivity index (χ4n) is 1.73. The predicted molar refractivity (Wildman–Crippen MR) is 63.6 cm³/mol. The van der Waals surface area contributed by atoms with Crippen LogP contribution in [0.1, 0.15) is 27.2 Å². The van der Waals surface area contributed by atoms with Crippen molar-refractivity contribution in [2.24, 2.45) is 0 Å². The second kappa shape index (κ2) is 11.3. The molecule has 0 amide bonds. The van der Waals surface area contributed by atoms with Crippen molar-refractivity contribution in [2.45, 2.75) is 27.2 Å². The molecule has 0 aliphatic rings. The average molecular weight is 278 g/mol. The van der Waals surface area contributed by atoms with Gasteiger partial charge in [-0.25, -0.2) is 0 Å². The fourth-order valence-corrected chi connectivity index (χ4v) is 1.73. The molecule has 17 heavy (non-hydrogen) atoms. The van der Waals surface area contributed by atoms with Gasteiger partial charge in [0.05, 0.1) is 0 Å². The van der Waals surface area contributed by atoms with Crippen LogP contribution >= 0.6 is 0 Å². The van der Waals surface area contributed by atoms with Crippen LogP contribution in [0, 0.1) is 0 Å². The molecule has 98 valence electrons. The molecule has 0 saturated heterocycles. The summed E-state index contributed by atoms with van der Waals surface area (Å²) in [6.07, 6.45) is 0.0798. The minimum absolute atomic E-state index is 0. The third-order valence-electron chi connectivity index (χ3n) is 2.76. The maximum Gasteiger partial charge on any atom is 1.00 e. The fraction of sp³-hybridized carbons (Fsp3) is 1.00. The van der Waals surface area contributed by atoms with Crippen LogP contribution in [0.3, 0.4) is 0 Å². The molecule has 0 atom stereocenters. The van der Waals surface area contributed by atoms with Crippen molar-refractivity contribution in [3.63, 3.8) is 0 Å². The summed E-state index contributed by atoms with van der Waals surface area (Å²) in [6, 6.07) is 0. The normalized spacial score (nSPS) is 12.0. The molecule has 0 aromatic heterocycles. The summed E-state index contributed by atoms with van der Waals surface area (Å²) >= 11 is 0. The van der Waals surface area contributed by atoms with Crippen LogP contribution in [0.5, 0.6) is 0 Å². The van der Waals surface area contributed by atoms with Gasteiger partial charge in [-0.05, 0) is 45.6 Å². The zero-order valence-electron chi connectivity index (χ0n) is 11.6.